The van der Waals surface area contributed by atoms with Crippen LogP contribution in [0.15, 0.2) is 12.2 Å². The fourth-order valence-corrected chi connectivity index (χ4v) is 6.29. The second-order valence-electron chi connectivity index (χ2n) is 9.41. The molecule has 0 atom stereocenters. The zero-order chi connectivity index (χ0) is 17.5. The second-order valence-corrected chi connectivity index (χ2v) is 9.41. The molecule has 25 heavy (non-hydrogen) atoms. The Kier molecular flexibility index (Phi) is 7.62. The largest absolute Gasteiger partial charge is 0.303 e. The lowest BCUT2D eigenvalue weighted by Crippen LogP contribution is -2.30. The monoisotopic (exact) mass is 344 g/mol. The van der Waals surface area contributed by atoms with Gasteiger partial charge in [-0.2, -0.15) is 0 Å². The highest BCUT2D eigenvalue weighted by Crippen LogP contribution is 2.46. The van der Waals surface area contributed by atoms with E-state index in [-0.39, 0.29) is 0 Å². The Labute approximate surface area is 156 Å². The molecule has 0 amide bonds. The maximum atomic E-state index is 11.0. The lowest BCUT2D eigenvalue weighted by atomic mass is 9.65. The van der Waals surface area contributed by atoms with Crippen LogP contribution in [-0.4, -0.2) is 6.29 Å². The van der Waals surface area contributed by atoms with Crippen molar-refractivity contribution in [1.82, 2.24) is 0 Å². The first kappa shape index (κ1) is 19.2. The van der Waals surface area contributed by atoms with Crippen molar-refractivity contribution in [3.8, 4) is 0 Å². The van der Waals surface area contributed by atoms with Gasteiger partial charge in [0, 0.05) is 5.92 Å². The molecular formula is C24H40O. The molecule has 0 unspecified atom stereocenters. The van der Waals surface area contributed by atoms with Gasteiger partial charge in [0.25, 0.3) is 0 Å². The fraction of sp³-hybridized carbons (Fsp3) is 0.875. The summed E-state index contributed by atoms with van der Waals surface area (Å²) in [7, 11) is 0. The topological polar surface area (TPSA) is 17.1 Å². The van der Waals surface area contributed by atoms with E-state index in [9.17, 15) is 4.79 Å². The highest BCUT2D eigenvalue weighted by atomic mass is 16.1. The van der Waals surface area contributed by atoms with Gasteiger partial charge in [0.2, 0.25) is 0 Å². The van der Waals surface area contributed by atoms with E-state index in [0.29, 0.717) is 5.92 Å². The van der Waals surface area contributed by atoms with Crippen molar-refractivity contribution in [2.45, 2.75) is 96.8 Å². The van der Waals surface area contributed by atoms with Crippen LogP contribution in [-0.2, 0) is 4.79 Å². The summed E-state index contributed by atoms with van der Waals surface area (Å²) in [5.74, 6) is 5.41. The third-order valence-corrected chi connectivity index (χ3v) is 8.03. The normalized spacial score (nSPS) is 40.2. The molecule has 3 rings (SSSR count). The van der Waals surface area contributed by atoms with Gasteiger partial charge in [-0.1, -0.05) is 25.0 Å². The van der Waals surface area contributed by atoms with Crippen LogP contribution in [0.3, 0.4) is 0 Å². The van der Waals surface area contributed by atoms with E-state index in [0.717, 1.165) is 29.6 Å². The van der Waals surface area contributed by atoms with Crippen molar-refractivity contribution in [2.75, 3.05) is 0 Å². The predicted molar refractivity (Wildman–Crippen MR) is 106 cm³/mol. The maximum Gasteiger partial charge on any atom is 0.123 e. The predicted octanol–water partition coefficient (Wildman–Crippen LogP) is 6.96. The molecule has 1 heteroatoms. The van der Waals surface area contributed by atoms with Gasteiger partial charge in [-0.25, -0.2) is 0 Å². The first-order valence-electron chi connectivity index (χ1n) is 11.4. The maximum absolute atomic E-state index is 11.0. The van der Waals surface area contributed by atoms with Gasteiger partial charge < -0.3 is 4.79 Å². The molecule has 0 radical (unpaired) electrons. The minimum Gasteiger partial charge on any atom is -0.303 e. The quantitative estimate of drug-likeness (QED) is 0.376. The molecule has 0 aromatic heterocycles. The Bertz CT molecular complexity index is 402. The molecule has 0 bridgehead atoms. The van der Waals surface area contributed by atoms with Crippen molar-refractivity contribution in [2.24, 2.45) is 35.5 Å². The van der Waals surface area contributed by atoms with E-state index in [2.05, 4.69) is 19.1 Å². The van der Waals surface area contributed by atoms with Crippen LogP contribution >= 0.6 is 0 Å². The summed E-state index contributed by atoms with van der Waals surface area (Å²) in [6.45, 7) is 2.14. The Balaban J connectivity index is 1.35. The standard InChI is InChI=1S/C24H40O/c1-2-3-4-5-19-6-10-21(11-7-19)23-14-16-24(17-15-23)22-12-8-20(18-25)9-13-22/h2-3,18-24H,4-17H2,1H3. The number of hydrogen-bond acceptors (Lipinski definition) is 1. The van der Waals surface area contributed by atoms with E-state index < -0.39 is 0 Å². The zero-order valence-electron chi connectivity index (χ0n) is 16.5. The fourth-order valence-electron chi connectivity index (χ4n) is 6.29. The molecule has 3 fully saturated rings. The molecule has 0 saturated heterocycles. The summed E-state index contributed by atoms with van der Waals surface area (Å²) in [5.41, 5.74) is 0. The molecule has 3 saturated carbocycles. The van der Waals surface area contributed by atoms with E-state index >= 15 is 0 Å². The molecule has 0 aromatic carbocycles. The average molecular weight is 345 g/mol. The summed E-state index contributed by atoms with van der Waals surface area (Å²) in [5, 5.41) is 0. The summed E-state index contributed by atoms with van der Waals surface area (Å²) >= 11 is 0. The van der Waals surface area contributed by atoms with Gasteiger partial charge >= 0.3 is 0 Å². The van der Waals surface area contributed by atoms with Crippen LogP contribution in [0, 0.1) is 35.5 Å². The highest BCUT2D eigenvalue weighted by Gasteiger charge is 2.34. The lowest BCUT2D eigenvalue weighted by molar-refractivity contribution is -0.112. The Hall–Kier alpha value is -0.590. The van der Waals surface area contributed by atoms with Crippen LogP contribution in [0.1, 0.15) is 96.8 Å². The molecular weight excluding hydrogens is 304 g/mol. The van der Waals surface area contributed by atoms with Crippen LogP contribution in [0.4, 0.5) is 0 Å². The molecule has 0 aliphatic heterocycles. The minimum atomic E-state index is 0.385. The van der Waals surface area contributed by atoms with Crippen LogP contribution < -0.4 is 0 Å². The Morgan fingerprint density at radius 2 is 1.12 bits per heavy atom. The Morgan fingerprint density at radius 1 is 0.680 bits per heavy atom. The summed E-state index contributed by atoms with van der Waals surface area (Å²) in [6.07, 6.45) is 25.5. The first-order chi connectivity index (χ1) is 12.3. The van der Waals surface area contributed by atoms with Gasteiger partial charge in [-0.15, -0.1) is 0 Å². The third kappa shape index (κ3) is 5.44. The smallest absolute Gasteiger partial charge is 0.123 e. The molecule has 3 aliphatic carbocycles. The van der Waals surface area contributed by atoms with Crippen molar-refractivity contribution >= 4 is 6.29 Å². The molecule has 0 spiro atoms. The van der Waals surface area contributed by atoms with Crippen LogP contribution in [0.5, 0.6) is 0 Å². The summed E-state index contributed by atoms with van der Waals surface area (Å²) in [6, 6.07) is 0. The first-order valence-corrected chi connectivity index (χ1v) is 11.4. The van der Waals surface area contributed by atoms with E-state index in [1.807, 2.05) is 0 Å². The van der Waals surface area contributed by atoms with Crippen LogP contribution in [0.25, 0.3) is 0 Å². The minimum absolute atomic E-state index is 0.385. The number of rotatable bonds is 6. The van der Waals surface area contributed by atoms with Crippen LogP contribution in [0.2, 0.25) is 0 Å². The van der Waals surface area contributed by atoms with E-state index in [1.54, 1.807) is 0 Å². The van der Waals surface area contributed by atoms with Crippen molar-refractivity contribution < 1.29 is 4.79 Å². The highest BCUT2D eigenvalue weighted by molar-refractivity contribution is 5.53. The molecule has 3 aliphatic rings. The number of aldehydes is 1. The summed E-state index contributed by atoms with van der Waals surface area (Å²) in [4.78, 5) is 11.0. The number of carbonyl (C=O) groups is 1. The van der Waals surface area contributed by atoms with Crippen molar-refractivity contribution in [3.63, 3.8) is 0 Å². The van der Waals surface area contributed by atoms with E-state index in [4.69, 9.17) is 0 Å². The average Bonchev–Trinajstić information content (AvgIpc) is 2.69. The summed E-state index contributed by atoms with van der Waals surface area (Å²) < 4.78 is 0. The van der Waals surface area contributed by atoms with Gasteiger partial charge in [-0.05, 0) is 114 Å². The third-order valence-electron chi connectivity index (χ3n) is 8.03. The molecule has 0 aromatic rings. The van der Waals surface area contributed by atoms with Crippen molar-refractivity contribution in [3.05, 3.63) is 12.2 Å². The van der Waals surface area contributed by atoms with Gasteiger partial charge in [0.15, 0.2) is 0 Å². The van der Waals surface area contributed by atoms with Gasteiger partial charge in [0.1, 0.15) is 6.29 Å². The molecule has 1 nitrogen and oxygen atoms in total. The molecule has 0 N–H and O–H groups in total. The lowest BCUT2D eigenvalue weighted by Gasteiger charge is -2.41. The van der Waals surface area contributed by atoms with E-state index in [1.165, 1.54) is 96.2 Å². The SMILES string of the molecule is CC=CCCC1CCC(C2CCC(C3CCC(C=O)CC3)CC2)CC1. The second kappa shape index (κ2) is 9.93. The number of carbonyl (C=O) groups excluding carboxylic acids is 1. The number of hydrogen-bond donors (Lipinski definition) is 0. The van der Waals surface area contributed by atoms with Crippen molar-refractivity contribution in [1.29, 1.82) is 0 Å². The Morgan fingerprint density at radius 3 is 1.56 bits per heavy atom. The van der Waals surface area contributed by atoms with Gasteiger partial charge in [-0.3, -0.25) is 0 Å². The molecule has 0 heterocycles. The zero-order valence-corrected chi connectivity index (χ0v) is 16.5. The number of allylic oxidation sites excluding steroid dienone is 2. The molecule has 142 valence electrons. The van der Waals surface area contributed by atoms with Gasteiger partial charge in [0.05, 0.1) is 0 Å².